The van der Waals surface area contributed by atoms with E-state index in [1.54, 1.807) is 0 Å². The van der Waals surface area contributed by atoms with E-state index in [1.165, 1.54) is 5.56 Å². The number of hydrogen-bond donors (Lipinski definition) is 1. The standard InChI is InChI=1S/C13H18FN/c14-12-8-4-5-9-13(12)15-10-11-6-2-1-3-7-11/h1-3,6-7,12-13,15H,4-5,8-10H2/t12-,13-/m0/s1. The van der Waals surface area contributed by atoms with Gasteiger partial charge in [-0.25, -0.2) is 4.39 Å². The summed E-state index contributed by atoms with van der Waals surface area (Å²) in [6, 6.07) is 10.3. The maximum Gasteiger partial charge on any atom is 0.115 e. The molecule has 0 aromatic heterocycles. The average Bonchev–Trinajstić information content (AvgIpc) is 2.29. The Bertz CT molecular complexity index is 286. The van der Waals surface area contributed by atoms with E-state index in [0.717, 1.165) is 32.2 Å². The Morgan fingerprint density at radius 3 is 2.60 bits per heavy atom. The quantitative estimate of drug-likeness (QED) is 0.803. The van der Waals surface area contributed by atoms with Crippen molar-refractivity contribution in [1.29, 1.82) is 0 Å². The molecule has 0 spiro atoms. The molecule has 2 rings (SSSR count). The minimum absolute atomic E-state index is 0.0685. The van der Waals surface area contributed by atoms with E-state index >= 15 is 0 Å². The van der Waals surface area contributed by atoms with Gasteiger partial charge in [-0.05, 0) is 18.4 Å². The molecule has 1 fully saturated rings. The van der Waals surface area contributed by atoms with Crippen LogP contribution in [0.25, 0.3) is 0 Å². The van der Waals surface area contributed by atoms with Crippen molar-refractivity contribution < 1.29 is 4.39 Å². The van der Waals surface area contributed by atoms with Crippen LogP contribution in [-0.2, 0) is 6.54 Å². The molecule has 0 amide bonds. The Labute approximate surface area is 90.7 Å². The fraction of sp³-hybridized carbons (Fsp3) is 0.538. The molecule has 1 saturated carbocycles. The summed E-state index contributed by atoms with van der Waals surface area (Å²) < 4.78 is 13.5. The van der Waals surface area contributed by atoms with Crippen LogP contribution in [0.15, 0.2) is 30.3 Å². The first kappa shape index (κ1) is 10.6. The van der Waals surface area contributed by atoms with Crippen LogP contribution < -0.4 is 5.32 Å². The van der Waals surface area contributed by atoms with Crippen LogP contribution in [0, 0.1) is 0 Å². The van der Waals surface area contributed by atoms with Crippen LogP contribution in [0.2, 0.25) is 0 Å². The Hall–Kier alpha value is -0.890. The number of nitrogens with one attached hydrogen (secondary N) is 1. The maximum absolute atomic E-state index is 13.5. The van der Waals surface area contributed by atoms with Crippen LogP contribution in [-0.4, -0.2) is 12.2 Å². The number of alkyl halides is 1. The van der Waals surface area contributed by atoms with Crippen molar-refractivity contribution in [3.63, 3.8) is 0 Å². The van der Waals surface area contributed by atoms with Crippen LogP contribution in [0.4, 0.5) is 4.39 Å². The first-order valence-electron chi connectivity index (χ1n) is 5.77. The third-order valence-electron chi connectivity index (χ3n) is 3.09. The fourth-order valence-corrected chi connectivity index (χ4v) is 2.16. The van der Waals surface area contributed by atoms with Crippen LogP contribution in [0.5, 0.6) is 0 Å². The molecule has 1 aliphatic carbocycles. The summed E-state index contributed by atoms with van der Waals surface area (Å²) in [5.41, 5.74) is 1.23. The van der Waals surface area contributed by atoms with E-state index in [4.69, 9.17) is 0 Å². The Morgan fingerprint density at radius 1 is 1.13 bits per heavy atom. The SMILES string of the molecule is F[C@H]1CCCC[C@@H]1NCc1ccccc1. The summed E-state index contributed by atoms with van der Waals surface area (Å²) in [5.74, 6) is 0. The zero-order valence-corrected chi connectivity index (χ0v) is 8.95. The van der Waals surface area contributed by atoms with Gasteiger partial charge < -0.3 is 5.32 Å². The second-order valence-electron chi connectivity index (χ2n) is 4.27. The van der Waals surface area contributed by atoms with Crippen molar-refractivity contribution in [2.45, 2.75) is 44.4 Å². The highest BCUT2D eigenvalue weighted by Crippen LogP contribution is 2.21. The molecule has 0 unspecified atom stereocenters. The molecule has 2 atom stereocenters. The van der Waals surface area contributed by atoms with Crippen molar-refractivity contribution >= 4 is 0 Å². The topological polar surface area (TPSA) is 12.0 Å². The maximum atomic E-state index is 13.5. The predicted molar refractivity (Wildman–Crippen MR) is 60.4 cm³/mol. The number of benzene rings is 1. The van der Waals surface area contributed by atoms with E-state index in [-0.39, 0.29) is 6.04 Å². The zero-order chi connectivity index (χ0) is 10.5. The summed E-state index contributed by atoms with van der Waals surface area (Å²) in [6.07, 6.45) is 3.26. The first-order chi connectivity index (χ1) is 7.36. The fourth-order valence-electron chi connectivity index (χ4n) is 2.16. The Kier molecular flexibility index (Phi) is 3.73. The van der Waals surface area contributed by atoms with Gasteiger partial charge in [-0.15, -0.1) is 0 Å². The van der Waals surface area contributed by atoms with Crippen LogP contribution >= 0.6 is 0 Å². The minimum atomic E-state index is -0.650. The summed E-state index contributed by atoms with van der Waals surface area (Å²) >= 11 is 0. The molecule has 1 aromatic carbocycles. The van der Waals surface area contributed by atoms with E-state index in [2.05, 4.69) is 17.4 Å². The third-order valence-corrected chi connectivity index (χ3v) is 3.09. The van der Waals surface area contributed by atoms with Crippen molar-refractivity contribution in [2.24, 2.45) is 0 Å². The van der Waals surface area contributed by atoms with Gasteiger partial charge in [0.05, 0.1) is 0 Å². The molecule has 82 valence electrons. The molecule has 2 heteroatoms. The second kappa shape index (κ2) is 5.26. The Morgan fingerprint density at radius 2 is 1.87 bits per heavy atom. The lowest BCUT2D eigenvalue weighted by atomic mass is 9.93. The largest absolute Gasteiger partial charge is 0.307 e. The normalized spacial score (nSPS) is 26.5. The highest BCUT2D eigenvalue weighted by Gasteiger charge is 2.23. The molecular formula is C13H18FN. The Balaban J connectivity index is 1.82. The smallest absolute Gasteiger partial charge is 0.115 e. The molecular weight excluding hydrogens is 189 g/mol. The van der Waals surface area contributed by atoms with Gasteiger partial charge in [-0.3, -0.25) is 0 Å². The van der Waals surface area contributed by atoms with Gasteiger partial charge in [-0.2, -0.15) is 0 Å². The lowest BCUT2D eigenvalue weighted by Crippen LogP contribution is -2.39. The number of rotatable bonds is 3. The molecule has 0 radical (unpaired) electrons. The molecule has 1 aromatic rings. The van der Waals surface area contributed by atoms with Gasteiger partial charge in [0.2, 0.25) is 0 Å². The van der Waals surface area contributed by atoms with Gasteiger partial charge in [-0.1, -0.05) is 43.2 Å². The van der Waals surface area contributed by atoms with Gasteiger partial charge in [0.15, 0.2) is 0 Å². The summed E-state index contributed by atoms with van der Waals surface area (Å²) in [4.78, 5) is 0. The molecule has 0 saturated heterocycles. The number of halogens is 1. The molecule has 1 aliphatic rings. The van der Waals surface area contributed by atoms with Crippen molar-refractivity contribution in [1.82, 2.24) is 5.32 Å². The first-order valence-corrected chi connectivity index (χ1v) is 5.77. The highest BCUT2D eigenvalue weighted by atomic mass is 19.1. The molecule has 0 bridgehead atoms. The van der Waals surface area contributed by atoms with Crippen LogP contribution in [0.1, 0.15) is 31.2 Å². The van der Waals surface area contributed by atoms with Gasteiger partial charge >= 0.3 is 0 Å². The van der Waals surface area contributed by atoms with E-state index in [0.29, 0.717) is 0 Å². The third kappa shape index (κ3) is 3.03. The molecule has 0 heterocycles. The second-order valence-corrected chi connectivity index (χ2v) is 4.27. The molecule has 15 heavy (non-hydrogen) atoms. The molecule has 1 nitrogen and oxygen atoms in total. The monoisotopic (exact) mass is 207 g/mol. The summed E-state index contributed by atoms with van der Waals surface area (Å²) in [5, 5.41) is 3.31. The van der Waals surface area contributed by atoms with Crippen molar-refractivity contribution in [3.05, 3.63) is 35.9 Å². The number of hydrogen-bond acceptors (Lipinski definition) is 1. The zero-order valence-electron chi connectivity index (χ0n) is 8.95. The lowest BCUT2D eigenvalue weighted by molar-refractivity contribution is 0.188. The highest BCUT2D eigenvalue weighted by molar-refractivity contribution is 5.14. The van der Waals surface area contributed by atoms with Gasteiger partial charge in [0.1, 0.15) is 6.17 Å². The van der Waals surface area contributed by atoms with E-state index in [1.807, 2.05) is 18.2 Å². The van der Waals surface area contributed by atoms with Crippen molar-refractivity contribution in [3.8, 4) is 0 Å². The van der Waals surface area contributed by atoms with Gasteiger partial charge in [0, 0.05) is 12.6 Å². The predicted octanol–water partition coefficient (Wildman–Crippen LogP) is 3.06. The van der Waals surface area contributed by atoms with E-state index in [9.17, 15) is 4.39 Å². The molecule has 0 aliphatic heterocycles. The lowest BCUT2D eigenvalue weighted by Gasteiger charge is -2.26. The summed E-state index contributed by atoms with van der Waals surface area (Å²) in [6.45, 7) is 0.784. The molecule has 1 N–H and O–H groups in total. The van der Waals surface area contributed by atoms with Gasteiger partial charge in [0.25, 0.3) is 0 Å². The average molecular weight is 207 g/mol. The van der Waals surface area contributed by atoms with Crippen molar-refractivity contribution in [2.75, 3.05) is 0 Å². The van der Waals surface area contributed by atoms with Crippen LogP contribution in [0.3, 0.4) is 0 Å². The van der Waals surface area contributed by atoms with E-state index < -0.39 is 6.17 Å². The minimum Gasteiger partial charge on any atom is -0.307 e. The summed E-state index contributed by atoms with van der Waals surface area (Å²) in [7, 11) is 0.